The molecule has 2 heterocycles. The quantitative estimate of drug-likeness (QED) is 0.843. The van der Waals surface area contributed by atoms with E-state index in [-0.39, 0.29) is 0 Å². The van der Waals surface area contributed by atoms with Gasteiger partial charge in [-0.3, -0.25) is 0 Å². The summed E-state index contributed by atoms with van der Waals surface area (Å²) in [5.74, 6) is 0.0720. The Morgan fingerprint density at radius 1 is 1.69 bits per heavy atom. The van der Waals surface area contributed by atoms with Crippen LogP contribution in [0.5, 0.6) is 0 Å². The molecule has 5 heteroatoms. The maximum atomic E-state index is 10.7. The zero-order valence-electron chi connectivity index (χ0n) is 9.01. The monoisotopic (exact) mass is 258 g/mol. The van der Waals surface area contributed by atoms with Crippen molar-refractivity contribution < 1.29 is 14.6 Å². The van der Waals surface area contributed by atoms with Crippen molar-refractivity contribution in [3.05, 3.63) is 16.3 Å². The van der Waals surface area contributed by atoms with E-state index < -0.39 is 5.97 Å². The Hall–Kier alpha value is -0.520. The van der Waals surface area contributed by atoms with Crippen LogP contribution < -0.4 is 0 Å². The third-order valence-corrected chi connectivity index (χ3v) is 4.72. The van der Waals surface area contributed by atoms with Crippen LogP contribution in [0.3, 0.4) is 0 Å². The summed E-state index contributed by atoms with van der Waals surface area (Å²) in [6, 6.07) is 1.73. The van der Waals surface area contributed by atoms with Crippen molar-refractivity contribution in [3.8, 4) is 0 Å². The Kier molecular flexibility index (Phi) is 3.89. The van der Waals surface area contributed by atoms with Crippen molar-refractivity contribution in [2.45, 2.75) is 36.9 Å². The van der Waals surface area contributed by atoms with Gasteiger partial charge in [0, 0.05) is 16.0 Å². The molecule has 2 unspecified atom stereocenters. The van der Waals surface area contributed by atoms with E-state index in [4.69, 9.17) is 9.84 Å². The Labute approximate surface area is 103 Å². The summed E-state index contributed by atoms with van der Waals surface area (Å²) in [6.07, 6.45) is 2.95. The fourth-order valence-corrected chi connectivity index (χ4v) is 3.63. The first-order valence-electron chi connectivity index (χ1n) is 5.25. The lowest BCUT2D eigenvalue weighted by Gasteiger charge is -2.09. The molecule has 88 valence electrons. The van der Waals surface area contributed by atoms with Gasteiger partial charge in [-0.25, -0.2) is 4.79 Å². The lowest BCUT2D eigenvalue weighted by molar-refractivity contribution is 0.0696. The van der Waals surface area contributed by atoms with Crippen LogP contribution in [0.4, 0.5) is 0 Å². The van der Waals surface area contributed by atoms with Gasteiger partial charge in [0.2, 0.25) is 0 Å². The topological polar surface area (TPSA) is 46.5 Å². The third-order valence-electron chi connectivity index (χ3n) is 2.54. The SMILES string of the molecule is CC1CCC(CSc2csc(C(=O)O)c2)O1. The molecule has 0 spiro atoms. The van der Waals surface area contributed by atoms with E-state index in [1.54, 1.807) is 17.8 Å². The van der Waals surface area contributed by atoms with Crippen molar-refractivity contribution in [3.63, 3.8) is 0 Å². The standard InChI is InChI=1S/C11H14O3S2/c1-7-2-3-8(14-7)5-15-9-4-10(11(12)13)16-6-9/h4,6-8H,2-3,5H2,1H3,(H,12,13). The average molecular weight is 258 g/mol. The van der Waals surface area contributed by atoms with Gasteiger partial charge in [-0.2, -0.15) is 0 Å². The minimum atomic E-state index is -0.845. The third kappa shape index (κ3) is 2.99. The van der Waals surface area contributed by atoms with E-state index in [0.29, 0.717) is 17.1 Å². The van der Waals surface area contributed by atoms with Crippen LogP contribution in [0, 0.1) is 0 Å². The first-order chi connectivity index (χ1) is 7.65. The molecule has 1 saturated heterocycles. The van der Waals surface area contributed by atoms with Gasteiger partial charge in [-0.05, 0) is 25.8 Å². The first kappa shape index (κ1) is 12.0. The van der Waals surface area contributed by atoms with Crippen LogP contribution in [0.1, 0.15) is 29.4 Å². The number of thiophene rings is 1. The van der Waals surface area contributed by atoms with Crippen LogP contribution in [0.2, 0.25) is 0 Å². The van der Waals surface area contributed by atoms with Gasteiger partial charge in [-0.15, -0.1) is 23.1 Å². The van der Waals surface area contributed by atoms with E-state index >= 15 is 0 Å². The van der Waals surface area contributed by atoms with E-state index in [0.717, 1.165) is 23.5 Å². The highest BCUT2D eigenvalue weighted by atomic mass is 32.2. The number of rotatable bonds is 4. The lowest BCUT2D eigenvalue weighted by atomic mass is 10.2. The highest BCUT2D eigenvalue weighted by molar-refractivity contribution is 7.99. The van der Waals surface area contributed by atoms with Crippen molar-refractivity contribution in [2.75, 3.05) is 5.75 Å². The largest absolute Gasteiger partial charge is 0.477 e. The van der Waals surface area contributed by atoms with Gasteiger partial charge in [-0.1, -0.05) is 0 Å². The number of carboxylic acid groups (broad SMARTS) is 1. The van der Waals surface area contributed by atoms with Crippen molar-refractivity contribution in [1.82, 2.24) is 0 Å². The average Bonchev–Trinajstić information content (AvgIpc) is 2.83. The zero-order chi connectivity index (χ0) is 11.5. The van der Waals surface area contributed by atoms with E-state index in [1.807, 2.05) is 5.38 Å². The highest BCUT2D eigenvalue weighted by Crippen LogP contribution is 2.29. The van der Waals surface area contributed by atoms with Crippen molar-refractivity contribution in [2.24, 2.45) is 0 Å². The van der Waals surface area contributed by atoms with Gasteiger partial charge in [0.15, 0.2) is 0 Å². The van der Waals surface area contributed by atoms with Gasteiger partial charge in [0.25, 0.3) is 0 Å². The molecule has 1 fully saturated rings. The molecular weight excluding hydrogens is 244 g/mol. The van der Waals surface area contributed by atoms with Crippen LogP contribution in [0.25, 0.3) is 0 Å². The number of ether oxygens (including phenoxy) is 1. The molecule has 0 bridgehead atoms. The summed E-state index contributed by atoms with van der Waals surface area (Å²) in [5, 5.41) is 10.7. The minimum absolute atomic E-state index is 0.327. The number of carboxylic acids is 1. The Morgan fingerprint density at radius 3 is 3.06 bits per heavy atom. The van der Waals surface area contributed by atoms with Gasteiger partial charge in [0.1, 0.15) is 4.88 Å². The summed E-state index contributed by atoms with van der Waals surface area (Å²) in [4.78, 5) is 12.1. The molecule has 1 N–H and O–H groups in total. The van der Waals surface area contributed by atoms with Crippen LogP contribution in [0.15, 0.2) is 16.3 Å². The molecule has 0 amide bonds. The Balaban J connectivity index is 1.83. The first-order valence-corrected chi connectivity index (χ1v) is 7.12. The molecule has 0 aromatic carbocycles. The second-order valence-corrected chi connectivity index (χ2v) is 5.91. The van der Waals surface area contributed by atoms with Crippen LogP contribution >= 0.6 is 23.1 Å². The summed E-state index contributed by atoms with van der Waals surface area (Å²) in [7, 11) is 0. The Morgan fingerprint density at radius 2 is 2.50 bits per heavy atom. The minimum Gasteiger partial charge on any atom is -0.477 e. The molecule has 1 aliphatic rings. The molecule has 2 atom stereocenters. The van der Waals surface area contributed by atoms with E-state index in [2.05, 4.69) is 6.92 Å². The summed E-state index contributed by atoms with van der Waals surface area (Å²) in [6.45, 7) is 2.10. The van der Waals surface area contributed by atoms with Crippen molar-refractivity contribution in [1.29, 1.82) is 0 Å². The predicted molar refractivity (Wildman–Crippen MR) is 65.6 cm³/mol. The van der Waals surface area contributed by atoms with Gasteiger partial charge in [0.05, 0.1) is 12.2 Å². The molecule has 1 aromatic heterocycles. The van der Waals surface area contributed by atoms with Crippen LogP contribution in [-0.2, 0) is 4.74 Å². The smallest absolute Gasteiger partial charge is 0.345 e. The van der Waals surface area contributed by atoms with Gasteiger partial charge >= 0.3 is 5.97 Å². The molecule has 16 heavy (non-hydrogen) atoms. The number of hydrogen-bond donors (Lipinski definition) is 1. The summed E-state index contributed by atoms with van der Waals surface area (Å²) < 4.78 is 5.70. The molecule has 1 aromatic rings. The highest BCUT2D eigenvalue weighted by Gasteiger charge is 2.21. The number of hydrogen-bond acceptors (Lipinski definition) is 4. The van der Waals surface area contributed by atoms with Gasteiger partial charge < -0.3 is 9.84 Å². The predicted octanol–water partition coefficient (Wildman–Crippen LogP) is 3.11. The number of aromatic carboxylic acids is 1. The van der Waals surface area contributed by atoms with Crippen molar-refractivity contribution >= 4 is 29.1 Å². The fraction of sp³-hybridized carbons (Fsp3) is 0.545. The second-order valence-electron chi connectivity index (χ2n) is 3.91. The summed E-state index contributed by atoms with van der Waals surface area (Å²) in [5.41, 5.74) is 0. The molecule has 0 radical (unpaired) electrons. The molecule has 3 nitrogen and oxygen atoms in total. The number of carbonyl (C=O) groups is 1. The maximum absolute atomic E-state index is 10.7. The zero-order valence-corrected chi connectivity index (χ0v) is 10.6. The molecular formula is C11H14O3S2. The van der Waals surface area contributed by atoms with Crippen LogP contribution in [-0.4, -0.2) is 29.0 Å². The molecule has 1 aliphatic heterocycles. The Bertz CT molecular complexity index is 375. The fourth-order valence-electron chi connectivity index (χ4n) is 1.70. The second kappa shape index (κ2) is 5.21. The molecule has 0 aliphatic carbocycles. The van der Waals surface area contributed by atoms with E-state index in [1.165, 1.54) is 11.3 Å². The maximum Gasteiger partial charge on any atom is 0.345 e. The lowest BCUT2D eigenvalue weighted by Crippen LogP contribution is -2.10. The molecule has 0 saturated carbocycles. The summed E-state index contributed by atoms with van der Waals surface area (Å²) >= 11 is 2.96. The normalized spacial score (nSPS) is 24.8. The van der Waals surface area contributed by atoms with E-state index in [9.17, 15) is 4.79 Å². The number of thioether (sulfide) groups is 1. The molecule has 2 rings (SSSR count).